The molecule has 0 radical (unpaired) electrons. The van der Waals surface area contributed by atoms with E-state index in [4.69, 9.17) is 4.74 Å². The van der Waals surface area contributed by atoms with Crippen molar-refractivity contribution in [1.29, 1.82) is 0 Å². The Labute approximate surface area is 141 Å². The fourth-order valence-electron chi connectivity index (χ4n) is 1.72. The number of thiophene rings is 1. The number of hydrogen-bond donors (Lipinski definition) is 2. The van der Waals surface area contributed by atoms with Crippen molar-refractivity contribution in [3.05, 3.63) is 45.1 Å². The maximum Gasteiger partial charge on any atom is 0.259 e. The summed E-state index contributed by atoms with van der Waals surface area (Å²) in [5, 5.41) is 7.12. The van der Waals surface area contributed by atoms with E-state index >= 15 is 0 Å². The largest absolute Gasteiger partial charge is 0.495 e. The molecule has 116 valence electrons. The van der Waals surface area contributed by atoms with Crippen LogP contribution in [0.3, 0.4) is 0 Å². The highest BCUT2D eigenvalue weighted by molar-refractivity contribution is 9.11. The molecule has 0 bridgehead atoms. The number of nitrogens with one attached hydrogen (secondary N) is 2. The van der Waals surface area contributed by atoms with E-state index in [1.165, 1.54) is 0 Å². The summed E-state index contributed by atoms with van der Waals surface area (Å²) in [6.07, 6.45) is 0. The van der Waals surface area contributed by atoms with E-state index in [2.05, 4.69) is 31.8 Å². The van der Waals surface area contributed by atoms with Crippen LogP contribution in [0, 0.1) is 0 Å². The van der Waals surface area contributed by atoms with Gasteiger partial charge in [-0.15, -0.1) is 11.3 Å². The Morgan fingerprint density at radius 2 is 2.09 bits per heavy atom. The van der Waals surface area contributed by atoms with Crippen molar-refractivity contribution in [3.63, 3.8) is 0 Å². The lowest BCUT2D eigenvalue weighted by atomic mass is 10.3. The lowest BCUT2D eigenvalue weighted by molar-refractivity contribution is -0.119. The molecule has 0 unspecified atom stereocenters. The smallest absolute Gasteiger partial charge is 0.259 e. The van der Waals surface area contributed by atoms with Gasteiger partial charge in [-0.2, -0.15) is 5.10 Å². The van der Waals surface area contributed by atoms with Crippen molar-refractivity contribution in [2.45, 2.75) is 6.92 Å². The summed E-state index contributed by atoms with van der Waals surface area (Å²) in [6, 6.07) is 11.3. The third-order valence-corrected chi connectivity index (χ3v) is 4.56. The Bertz CT molecular complexity index is 685. The number of rotatable bonds is 6. The molecular formula is C15H16BrN3O2S. The van der Waals surface area contributed by atoms with Crippen LogP contribution in [0.5, 0.6) is 5.75 Å². The first-order valence-corrected chi connectivity index (χ1v) is 8.17. The number of methoxy groups -OCH3 is 1. The molecule has 1 heterocycles. The van der Waals surface area contributed by atoms with Crippen molar-refractivity contribution in [2.24, 2.45) is 5.10 Å². The first-order chi connectivity index (χ1) is 10.6. The SMILES string of the molecule is COc1ccccc1NCC(=O)N/N=C(\C)c1ccc(Br)s1. The van der Waals surface area contributed by atoms with Gasteiger partial charge < -0.3 is 10.1 Å². The van der Waals surface area contributed by atoms with Crippen LogP contribution in [0.4, 0.5) is 5.69 Å². The number of para-hydroxylation sites is 2. The molecule has 0 saturated carbocycles. The predicted octanol–water partition coefficient (Wildman–Crippen LogP) is 3.47. The van der Waals surface area contributed by atoms with Gasteiger partial charge in [0.1, 0.15) is 5.75 Å². The highest BCUT2D eigenvalue weighted by Gasteiger charge is 2.05. The van der Waals surface area contributed by atoms with Crippen LogP contribution in [-0.4, -0.2) is 25.3 Å². The third-order valence-electron chi connectivity index (χ3n) is 2.82. The minimum Gasteiger partial charge on any atom is -0.495 e. The number of hydrogen-bond acceptors (Lipinski definition) is 5. The van der Waals surface area contributed by atoms with Crippen LogP contribution in [0.2, 0.25) is 0 Å². The number of carbonyl (C=O) groups excluding carboxylic acids is 1. The van der Waals surface area contributed by atoms with Crippen LogP contribution >= 0.6 is 27.3 Å². The minimum absolute atomic E-state index is 0.116. The molecule has 22 heavy (non-hydrogen) atoms. The van der Waals surface area contributed by atoms with E-state index in [0.717, 1.165) is 20.1 Å². The predicted molar refractivity (Wildman–Crippen MR) is 93.9 cm³/mol. The normalized spacial score (nSPS) is 11.1. The van der Waals surface area contributed by atoms with E-state index in [1.54, 1.807) is 18.4 Å². The second kappa shape index (κ2) is 7.95. The maximum atomic E-state index is 11.8. The van der Waals surface area contributed by atoms with Gasteiger partial charge in [-0.05, 0) is 47.1 Å². The average molecular weight is 382 g/mol. The molecule has 1 amide bonds. The standard InChI is InChI=1S/C15H16BrN3O2S/c1-10(13-7-8-14(16)22-13)18-19-15(20)9-17-11-5-3-4-6-12(11)21-2/h3-8,17H,9H2,1-2H3,(H,19,20)/b18-10+. The molecule has 2 aromatic rings. The molecule has 1 aromatic carbocycles. The molecule has 1 aromatic heterocycles. The summed E-state index contributed by atoms with van der Waals surface area (Å²) in [5.41, 5.74) is 4.07. The topological polar surface area (TPSA) is 62.7 Å². The molecule has 0 aliphatic rings. The number of anilines is 1. The van der Waals surface area contributed by atoms with E-state index < -0.39 is 0 Å². The van der Waals surface area contributed by atoms with Gasteiger partial charge in [0, 0.05) is 0 Å². The zero-order valence-electron chi connectivity index (χ0n) is 12.2. The van der Waals surface area contributed by atoms with Gasteiger partial charge in [0.2, 0.25) is 0 Å². The summed E-state index contributed by atoms with van der Waals surface area (Å²) in [7, 11) is 1.59. The molecule has 2 N–H and O–H groups in total. The van der Waals surface area contributed by atoms with Crippen molar-refractivity contribution in [1.82, 2.24) is 5.43 Å². The monoisotopic (exact) mass is 381 g/mol. The summed E-state index contributed by atoms with van der Waals surface area (Å²) >= 11 is 4.96. The molecule has 5 nitrogen and oxygen atoms in total. The summed E-state index contributed by atoms with van der Waals surface area (Å²) < 4.78 is 6.24. The fourth-order valence-corrected chi connectivity index (χ4v) is 3.05. The second-order valence-corrected chi connectivity index (χ2v) is 6.85. The van der Waals surface area contributed by atoms with Crippen molar-refractivity contribution < 1.29 is 9.53 Å². The Kier molecular flexibility index (Phi) is 5.97. The van der Waals surface area contributed by atoms with Crippen LogP contribution in [0.25, 0.3) is 0 Å². The maximum absolute atomic E-state index is 11.8. The van der Waals surface area contributed by atoms with Crippen molar-refractivity contribution in [2.75, 3.05) is 19.0 Å². The fraction of sp³-hybridized carbons (Fsp3) is 0.200. The van der Waals surface area contributed by atoms with E-state index in [-0.39, 0.29) is 12.5 Å². The van der Waals surface area contributed by atoms with Gasteiger partial charge in [0.25, 0.3) is 5.91 Å². The average Bonchev–Trinajstić information content (AvgIpc) is 2.97. The number of amides is 1. The molecule has 0 fully saturated rings. The summed E-state index contributed by atoms with van der Waals surface area (Å²) in [6.45, 7) is 1.97. The van der Waals surface area contributed by atoms with Gasteiger partial charge in [-0.3, -0.25) is 4.79 Å². The number of hydrazone groups is 1. The van der Waals surface area contributed by atoms with Gasteiger partial charge in [0.15, 0.2) is 0 Å². The van der Waals surface area contributed by atoms with Crippen molar-refractivity contribution in [3.8, 4) is 5.75 Å². The molecular weight excluding hydrogens is 366 g/mol. The van der Waals surface area contributed by atoms with E-state index in [9.17, 15) is 4.79 Å². The quantitative estimate of drug-likeness (QED) is 0.594. The van der Waals surface area contributed by atoms with E-state index in [1.807, 2.05) is 43.3 Å². The van der Waals surface area contributed by atoms with Gasteiger partial charge in [0.05, 0.1) is 33.7 Å². The highest BCUT2D eigenvalue weighted by atomic mass is 79.9. The highest BCUT2D eigenvalue weighted by Crippen LogP contribution is 2.23. The molecule has 2 rings (SSSR count). The molecule has 0 aliphatic heterocycles. The van der Waals surface area contributed by atoms with Gasteiger partial charge in [-0.1, -0.05) is 12.1 Å². The first kappa shape index (κ1) is 16.5. The molecule has 0 atom stereocenters. The van der Waals surface area contributed by atoms with Crippen LogP contribution < -0.4 is 15.5 Å². The zero-order chi connectivity index (χ0) is 15.9. The van der Waals surface area contributed by atoms with E-state index in [0.29, 0.717) is 5.75 Å². The zero-order valence-corrected chi connectivity index (χ0v) is 14.6. The summed E-state index contributed by atoms with van der Waals surface area (Å²) in [5.74, 6) is 0.472. The molecule has 0 spiro atoms. The second-order valence-electron chi connectivity index (χ2n) is 4.39. The Morgan fingerprint density at radius 3 is 2.77 bits per heavy atom. The van der Waals surface area contributed by atoms with Gasteiger partial charge in [-0.25, -0.2) is 5.43 Å². The molecule has 0 aliphatic carbocycles. The Balaban J connectivity index is 1.88. The number of carbonyl (C=O) groups is 1. The molecule has 0 saturated heterocycles. The van der Waals surface area contributed by atoms with Crippen molar-refractivity contribution >= 4 is 44.6 Å². The Morgan fingerprint density at radius 1 is 1.32 bits per heavy atom. The van der Waals surface area contributed by atoms with Crippen LogP contribution in [-0.2, 0) is 4.79 Å². The third kappa shape index (κ3) is 4.57. The van der Waals surface area contributed by atoms with Crippen LogP contribution in [0.15, 0.2) is 45.3 Å². The first-order valence-electron chi connectivity index (χ1n) is 6.56. The minimum atomic E-state index is -0.221. The number of benzene rings is 1. The number of ether oxygens (including phenoxy) is 1. The number of halogens is 1. The van der Waals surface area contributed by atoms with Crippen LogP contribution in [0.1, 0.15) is 11.8 Å². The lowest BCUT2D eigenvalue weighted by Gasteiger charge is -2.09. The Hall–Kier alpha value is -1.86. The lowest BCUT2D eigenvalue weighted by Crippen LogP contribution is -2.26. The van der Waals surface area contributed by atoms with Gasteiger partial charge >= 0.3 is 0 Å². The summed E-state index contributed by atoms with van der Waals surface area (Å²) in [4.78, 5) is 12.8. The molecule has 7 heteroatoms. The number of nitrogens with zero attached hydrogens (tertiary/aromatic N) is 1.